The van der Waals surface area contributed by atoms with Crippen molar-refractivity contribution in [2.24, 2.45) is 0 Å². The van der Waals surface area contributed by atoms with Crippen LogP contribution in [0, 0.1) is 0 Å². The molecule has 1 fully saturated rings. The van der Waals surface area contributed by atoms with Gasteiger partial charge in [-0.05, 0) is 62.5 Å². The number of fused-ring (bicyclic) bond motifs is 1. The molecule has 6 nitrogen and oxygen atoms in total. The average molecular weight is 455 g/mol. The van der Waals surface area contributed by atoms with Crippen LogP contribution in [0.3, 0.4) is 0 Å². The number of rotatable bonds is 4. The molecule has 2 aliphatic heterocycles. The van der Waals surface area contributed by atoms with Gasteiger partial charge in [-0.2, -0.15) is 0 Å². The Morgan fingerprint density at radius 3 is 2.59 bits per heavy atom. The number of halogens is 1. The van der Waals surface area contributed by atoms with Crippen LogP contribution in [-0.2, 0) is 4.79 Å². The molecular formula is C22H23BrN4O2. The molecule has 0 radical (unpaired) electrons. The van der Waals surface area contributed by atoms with Gasteiger partial charge in [-0.1, -0.05) is 15.9 Å². The first-order valence-electron chi connectivity index (χ1n) is 9.56. The fraction of sp³-hybridized carbons (Fsp3) is 0.273. The maximum Gasteiger partial charge on any atom is 0.260 e. The summed E-state index contributed by atoms with van der Waals surface area (Å²) in [4.78, 5) is 29.1. The van der Waals surface area contributed by atoms with Crippen molar-refractivity contribution in [3.05, 3.63) is 64.3 Å². The summed E-state index contributed by atoms with van der Waals surface area (Å²) in [7, 11) is 4.28. The van der Waals surface area contributed by atoms with Crippen LogP contribution in [0.25, 0.3) is 5.57 Å². The molecule has 2 heterocycles. The molecular weight excluding hydrogens is 432 g/mol. The Labute approximate surface area is 178 Å². The van der Waals surface area contributed by atoms with E-state index in [0.717, 1.165) is 23.2 Å². The molecule has 150 valence electrons. The molecule has 0 bridgehead atoms. The number of likely N-dealkylation sites (tertiary alicyclic amines) is 1. The lowest BCUT2D eigenvalue weighted by molar-refractivity contribution is -0.114. The molecule has 0 saturated carbocycles. The lowest BCUT2D eigenvalue weighted by Gasteiger charge is -2.26. The summed E-state index contributed by atoms with van der Waals surface area (Å²) in [5.41, 5.74) is 3.57. The van der Waals surface area contributed by atoms with Crippen LogP contribution in [0.5, 0.6) is 0 Å². The number of carbonyl (C=O) groups is 2. The summed E-state index contributed by atoms with van der Waals surface area (Å²) in [6.07, 6.45) is 2.82. The average Bonchev–Trinajstić information content (AvgIpc) is 3.14. The van der Waals surface area contributed by atoms with E-state index in [1.54, 1.807) is 24.4 Å². The lowest BCUT2D eigenvalue weighted by Crippen LogP contribution is -2.36. The second kappa shape index (κ2) is 8.00. The fourth-order valence-corrected chi connectivity index (χ4v) is 4.19. The number of hydrogen-bond acceptors (Lipinski definition) is 5. The minimum Gasteiger partial charge on any atom is -0.370 e. The number of hydrogen-bond donors (Lipinski definition) is 2. The van der Waals surface area contributed by atoms with Crippen LogP contribution >= 0.6 is 15.9 Å². The van der Waals surface area contributed by atoms with Gasteiger partial charge < -0.3 is 15.1 Å². The highest BCUT2D eigenvalue weighted by Crippen LogP contribution is 2.28. The smallest absolute Gasteiger partial charge is 0.260 e. The molecule has 1 unspecified atom stereocenters. The summed E-state index contributed by atoms with van der Waals surface area (Å²) in [5.74, 6) is -0.783. The van der Waals surface area contributed by atoms with E-state index in [2.05, 4.69) is 62.6 Å². The Balaban J connectivity index is 1.52. The zero-order valence-corrected chi connectivity index (χ0v) is 18.0. The quantitative estimate of drug-likeness (QED) is 0.547. The number of carbonyl (C=O) groups excluding carboxylic acids is 2. The van der Waals surface area contributed by atoms with Crippen molar-refractivity contribution in [1.29, 1.82) is 0 Å². The predicted molar refractivity (Wildman–Crippen MR) is 119 cm³/mol. The summed E-state index contributed by atoms with van der Waals surface area (Å²) in [6.45, 7) is 2.20. The van der Waals surface area contributed by atoms with E-state index >= 15 is 0 Å². The number of benzene rings is 2. The minimum atomic E-state index is -0.408. The number of likely N-dealkylation sites (N-methyl/N-ethyl adjacent to an activating group) is 2. The number of anilines is 2. The maximum atomic E-state index is 12.4. The molecule has 2 aliphatic rings. The molecule has 2 amide bonds. The van der Waals surface area contributed by atoms with Gasteiger partial charge in [0.15, 0.2) is 0 Å². The SMILES string of the molecule is CN1CCC(N(C)c2ccc(N/C=C3\C(=O)NC(=O)c4ccc(Br)cc43)cc2)C1. The summed E-state index contributed by atoms with van der Waals surface area (Å²) in [5, 5.41) is 5.57. The van der Waals surface area contributed by atoms with E-state index < -0.39 is 5.91 Å². The highest BCUT2D eigenvalue weighted by atomic mass is 79.9. The third-order valence-electron chi connectivity index (χ3n) is 5.56. The number of nitrogens with zero attached hydrogens (tertiary/aromatic N) is 2. The molecule has 1 atom stereocenters. The molecule has 0 aromatic heterocycles. The lowest BCUT2D eigenvalue weighted by atomic mass is 9.95. The van der Waals surface area contributed by atoms with Gasteiger partial charge in [0.1, 0.15) is 0 Å². The van der Waals surface area contributed by atoms with Crippen LogP contribution in [0.4, 0.5) is 11.4 Å². The summed E-state index contributed by atoms with van der Waals surface area (Å²) in [6, 6.07) is 14.0. The first kappa shape index (κ1) is 19.7. The van der Waals surface area contributed by atoms with E-state index in [-0.39, 0.29) is 5.91 Å². The molecule has 0 spiro atoms. The van der Waals surface area contributed by atoms with E-state index in [9.17, 15) is 9.59 Å². The Morgan fingerprint density at radius 1 is 1.14 bits per heavy atom. The van der Waals surface area contributed by atoms with Gasteiger partial charge in [0.05, 0.1) is 5.57 Å². The second-order valence-corrected chi connectivity index (χ2v) is 8.45. The van der Waals surface area contributed by atoms with E-state index in [1.807, 2.05) is 12.1 Å². The van der Waals surface area contributed by atoms with E-state index in [4.69, 9.17) is 0 Å². The second-order valence-electron chi connectivity index (χ2n) is 7.54. The topological polar surface area (TPSA) is 64.7 Å². The molecule has 2 aromatic carbocycles. The van der Waals surface area contributed by atoms with Crippen molar-refractivity contribution in [2.75, 3.05) is 37.4 Å². The largest absolute Gasteiger partial charge is 0.370 e. The predicted octanol–water partition coefficient (Wildman–Crippen LogP) is 3.31. The molecule has 7 heteroatoms. The first-order chi connectivity index (χ1) is 13.9. The molecule has 0 aliphatic carbocycles. The first-order valence-corrected chi connectivity index (χ1v) is 10.4. The van der Waals surface area contributed by atoms with E-state index in [0.29, 0.717) is 22.7 Å². The molecule has 2 aromatic rings. The number of imide groups is 1. The van der Waals surface area contributed by atoms with Crippen molar-refractivity contribution < 1.29 is 9.59 Å². The fourth-order valence-electron chi connectivity index (χ4n) is 3.83. The van der Waals surface area contributed by atoms with Crippen LogP contribution in [0.1, 0.15) is 22.3 Å². The Bertz CT molecular complexity index is 987. The zero-order chi connectivity index (χ0) is 20.5. The van der Waals surface area contributed by atoms with Gasteiger partial charge in [0.25, 0.3) is 11.8 Å². The van der Waals surface area contributed by atoms with Crippen molar-refractivity contribution in [2.45, 2.75) is 12.5 Å². The molecule has 2 N–H and O–H groups in total. The Hall–Kier alpha value is -2.64. The normalized spacial score (nSPS) is 20.5. The minimum absolute atomic E-state index is 0.375. The summed E-state index contributed by atoms with van der Waals surface area (Å²) >= 11 is 3.41. The maximum absolute atomic E-state index is 12.4. The monoisotopic (exact) mass is 454 g/mol. The van der Waals surface area contributed by atoms with Gasteiger partial charge >= 0.3 is 0 Å². The summed E-state index contributed by atoms with van der Waals surface area (Å²) < 4.78 is 0.814. The molecule has 1 saturated heterocycles. The Morgan fingerprint density at radius 2 is 1.90 bits per heavy atom. The van der Waals surface area contributed by atoms with E-state index in [1.165, 1.54) is 12.1 Å². The Kier molecular flexibility index (Phi) is 5.43. The number of amides is 2. The number of nitrogens with one attached hydrogen (secondary N) is 2. The third-order valence-corrected chi connectivity index (χ3v) is 6.05. The van der Waals surface area contributed by atoms with Gasteiger partial charge in [-0.15, -0.1) is 0 Å². The van der Waals surface area contributed by atoms with Crippen molar-refractivity contribution >= 4 is 44.7 Å². The third kappa shape index (κ3) is 4.06. The highest BCUT2D eigenvalue weighted by molar-refractivity contribution is 9.10. The molecule has 29 heavy (non-hydrogen) atoms. The van der Waals surface area contributed by atoms with Gasteiger partial charge in [0, 0.05) is 52.8 Å². The highest BCUT2D eigenvalue weighted by Gasteiger charge is 2.27. The zero-order valence-electron chi connectivity index (χ0n) is 16.4. The van der Waals surface area contributed by atoms with Gasteiger partial charge in [-0.3, -0.25) is 14.9 Å². The van der Waals surface area contributed by atoms with Crippen molar-refractivity contribution in [3.8, 4) is 0 Å². The van der Waals surface area contributed by atoms with Gasteiger partial charge in [-0.25, -0.2) is 0 Å². The molecule has 4 rings (SSSR count). The van der Waals surface area contributed by atoms with Crippen LogP contribution in [-0.4, -0.2) is 49.9 Å². The van der Waals surface area contributed by atoms with Crippen LogP contribution < -0.4 is 15.5 Å². The van der Waals surface area contributed by atoms with Crippen LogP contribution in [0.2, 0.25) is 0 Å². The standard InChI is InChI=1S/C22H23BrN4O2/c1-26-10-9-17(13-26)27(2)16-6-4-15(5-7-16)24-12-20-19-11-14(23)3-8-18(19)21(28)25-22(20)29/h3-8,11-12,17,24H,9-10,13H2,1-2H3,(H,25,28,29)/b20-12-. The van der Waals surface area contributed by atoms with Gasteiger partial charge in [0.2, 0.25) is 0 Å². The van der Waals surface area contributed by atoms with Crippen molar-refractivity contribution in [3.63, 3.8) is 0 Å². The van der Waals surface area contributed by atoms with Crippen LogP contribution in [0.15, 0.2) is 53.1 Å². The van der Waals surface area contributed by atoms with Crippen molar-refractivity contribution in [1.82, 2.24) is 10.2 Å².